The van der Waals surface area contributed by atoms with Crippen LogP contribution in [0.1, 0.15) is 20.3 Å². The number of hydrogen-bond donors (Lipinski definition) is 1. The van der Waals surface area contributed by atoms with Crippen LogP contribution < -0.4 is 5.32 Å². The van der Waals surface area contributed by atoms with Crippen LogP contribution in [-0.2, 0) is 0 Å². The summed E-state index contributed by atoms with van der Waals surface area (Å²) in [6.07, 6.45) is 5.21. The second-order valence-corrected chi connectivity index (χ2v) is 3.60. The molecule has 0 aromatic carbocycles. The first-order chi connectivity index (χ1) is 6.15. The first-order valence-electron chi connectivity index (χ1n) is 4.83. The molecular formula is C12H19N. The van der Waals surface area contributed by atoms with Crippen molar-refractivity contribution in [3.63, 3.8) is 0 Å². The van der Waals surface area contributed by atoms with E-state index in [1.165, 1.54) is 11.1 Å². The molecule has 0 aromatic rings. The summed E-state index contributed by atoms with van der Waals surface area (Å²) >= 11 is 0. The van der Waals surface area contributed by atoms with Crippen molar-refractivity contribution in [2.75, 3.05) is 7.05 Å². The maximum atomic E-state index is 4.11. The average molecular weight is 177 g/mol. The van der Waals surface area contributed by atoms with Gasteiger partial charge in [-0.3, -0.25) is 0 Å². The van der Waals surface area contributed by atoms with Crippen LogP contribution in [0, 0.1) is 5.41 Å². The monoisotopic (exact) mass is 177 g/mol. The van der Waals surface area contributed by atoms with Crippen molar-refractivity contribution in [1.82, 2.24) is 5.32 Å². The lowest BCUT2D eigenvalue weighted by molar-refractivity contribution is 0.549. The van der Waals surface area contributed by atoms with E-state index < -0.39 is 0 Å². The minimum Gasteiger partial charge on any atom is -0.312 e. The molecule has 72 valence electrons. The molecule has 0 heterocycles. The van der Waals surface area contributed by atoms with Gasteiger partial charge in [-0.1, -0.05) is 32.2 Å². The topological polar surface area (TPSA) is 12.0 Å². The number of nitrogens with one attached hydrogen (secondary N) is 1. The summed E-state index contributed by atoms with van der Waals surface area (Å²) in [6, 6.07) is 0.432. The minimum atomic E-state index is 0.140. The highest BCUT2D eigenvalue weighted by Crippen LogP contribution is 2.58. The average Bonchev–Trinajstić information content (AvgIpc) is 2.72. The Morgan fingerprint density at radius 1 is 1.69 bits per heavy atom. The van der Waals surface area contributed by atoms with Gasteiger partial charge in [0.15, 0.2) is 0 Å². The molecule has 1 saturated carbocycles. The zero-order valence-electron chi connectivity index (χ0n) is 8.85. The molecule has 1 aliphatic rings. The summed E-state index contributed by atoms with van der Waals surface area (Å²) in [5.41, 5.74) is 2.60. The second-order valence-electron chi connectivity index (χ2n) is 3.60. The van der Waals surface area contributed by atoms with Crippen molar-refractivity contribution in [2.45, 2.75) is 26.3 Å². The van der Waals surface area contributed by atoms with Gasteiger partial charge >= 0.3 is 0 Å². The third-order valence-corrected chi connectivity index (χ3v) is 3.12. The Balaban J connectivity index is 2.86. The van der Waals surface area contributed by atoms with Crippen LogP contribution >= 0.6 is 0 Å². The highest BCUT2D eigenvalue weighted by Gasteiger charge is 2.57. The van der Waals surface area contributed by atoms with Gasteiger partial charge in [-0.2, -0.15) is 0 Å². The summed E-state index contributed by atoms with van der Waals surface area (Å²) in [5, 5.41) is 3.28. The van der Waals surface area contributed by atoms with E-state index in [4.69, 9.17) is 0 Å². The molecular weight excluding hydrogens is 158 g/mol. The smallest absolute Gasteiger partial charge is 0.0419 e. The van der Waals surface area contributed by atoms with Gasteiger partial charge in [-0.05, 0) is 31.5 Å². The number of hydrogen-bond acceptors (Lipinski definition) is 1. The van der Waals surface area contributed by atoms with Crippen LogP contribution in [0.3, 0.4) is 0 Å². The molecule has 13 heavy (non-hydrogen) atoms. The molecule has 0 amide bonds. The van der Waals surface area contributed by atoms with Crippen LogP contribution in [0.2, 0.25) is 0 Å². The van der Waals surface area contributed by atoms with Crippen molar-refractivity contribution in [2.24, 2.45) is 5.41 Å². The van der Waals surface area contributed by atoms with E-state index >= 15 is 0 Å². The summed E-state index contributed by atoms with van der Waals surface area (Å²) < 4.78 is 0. The molecule has 1 N–H and O–H groups in total. The Kier molecular flexibility index (Phi) is 2.77. The SMILES string of the molecule is C=C(/C=C\C)C1(CC)C(=C)C1NC. The molecule has 1 nitrogen and oxygen atoms in total. The third-order valence-electron chi connectivity index (χ3n) is 3.12. The third kappa shape index (κ3) is 1.28. The second kappa shape index (κ2) is 3.51. The van der Waals surface area contributed by atoms with Crippen molar-refractivity contribution >= 4 is 0 Å². The lowest BCUT2D eigenvalue weighted by atomic mass is 9.92. The molecule has 0 aromatic heterocycles. The fourth-order valence-corrected chi connectivity index (χ4v) is 2.26. The van der Waals surface area contributed by atoms with Crippen LogP contribution in [0.4, 0.5) is 0 Å². The molecule has 2 unspecified atom stereocenters. The van der Waals surface area contributed by atoms with Crippen LogP contribution in [0.15, 0.2) is 36.5 Å². The summed E-state index contributed by atoms with van der Waals surface area (Å²) in [6.45, 7) is 12.4. The van der Waals surface area contributed by atoms with Crippen LogP contribution in [-0.4, -0.2) is 13.1 Å². The quantitative estimate of drug-likeness (QED) is 0.514. The van der Waals surface area contributed by atoms with Crippen molar-refractivity contribution in [3.05, 3.63) is 36.5 Å². The number of rotatable bonds is 4. The van der Waals surface area contributed by atoms with Gasteiger partial charge in [0.2, 0.25) is 0 Å². The zero-order valence-corrected chi connectivity index (χ0v) is 8.85. The fraction of sp³-hybridized carbons (Fsp3) is 0.500. The molecule has 2 atom stereocenters. The van der Waals surface area contributed by atoms with Crippen LogP contribution in [0.25, 0.3) is 0 Å². The standard InChI is InChI=1S/C12H19N/c1-6-8-9(3)12(7-2)10(4)11(12)13-5/h6,8,11,13H,3-4,7H2,1-2,5H3/b8-6-. The van der Waals surface area contributed by atoms with E-state index in [1.807, 2.05) is 20.0 Å². The van der Waals surface area contributed by atoms with Gasteiger partial charge in [0.05, 0.1) is 0 Å². The van der Waals surface area contributed by atoms with E-state index in [9.17, 15) is 0 Å². The van der Waals surface area contributed by atoms with Gasteiger partial charge in [0.1, 0.15) is 0 Å². The van der Waals surface area contributed by atoms with Crippen LogP contribution in [0.5, 0.6) is 0 Å². The molecule has 1 heteroatoms. The lowest BCUT2D eigenvalue weighted by Crippen LogP contribution is -2.19. The maximum absolute atomic E-state index is 4.11. The van der Waals surface area contributed by atoms with Crippen molar-refractivity contribution in [3.8, 4) is 0 Å². The van der Waals surface area contributed by atoms with Gasteiger partial charge in [0, 0.05) is 11.5 Å². The van der Waals surface area contributed by atoms with E-state index in [0.29, 0.717) is 6.04 Å². The zero-order chi connectivity index (χ0) is 10.1. The Morgan fingerprint density at radius 3 is 2.62 bits per heavy atom. The first kappa shape index (κ1) is 10.3. The molecule has 0 spiro atoms. The Labute approximate surface area is 81.2 Å². The normalized spacial score (nSPS) is 32.5. The summed E-state index contributed by atoms with van der Waals surface area (Å²) in [5.74, 6) is 0. The van der Waals surface area contributed by atoms with Gasteiger partial charge in [0.25, 0.3) is 0 Å². The van der Waals surface area contributed by atoms with Gasteiger partial charge in [-0.25, -0.2) is 0 Å². The lowest BCUT2D eigenvalue weighted by Gasteiger charge is -2.14. The summed E-state index contributed by atoms with van der Waals surface area (Å²) in [7, 11) is 1.98. The van der Waals surface area contributed by atoms with E-state index in [2.05, 4.69) is 31.5 Å². The van der Waals surface area contributed by atoms with Crippen molar-refractivity contribution in [1.29, 1.82) is 0 Å². The highest BCUT2D eigenvalue weighted by molar-refractivity contribution is 5.53. The highest BCUT2D eigenvalue weighted by atomic mass is 15.0. The molecule has 1 rings (SSSR count). The Hall–Kier alpha value is -0.820. The Morgan fingerprint density at radius 2 is 2.31 bits per heavy atom. The first-order valence-corrected chi connectivity index (χ1v) is 4.83. The van der Waals surface area contributed by atoms with Gasteiger partial charge in [-0.15, -0.1) is 0 Å². The molecule has 0 saturated heterocycles. The van der Waals surface area contributed by atoms with Crippen molar-refractivity contribution < 1.29 is 0 Å². The maximum Gasteiger partial charge on any atom is 0.0419 e. The minimum absolute atomic E-state index is 0.140. The predicted molar refractivity (Wildman–Crippen MR) is 58.7 cm³/mol. The van der Waals surface area contributed by atoms with E-state index in [0.717, 1.165) is 6.42 Å². The Bertz CT molecular complexity index is 262. The molecule has 1 aliphatic carbocycles. The van der Waals surface area contributed by atoms with Gasteiger partial charge < -0.3 is 5.32 Å². The molecule has 0 bridgehead atoms. The fourth-order valence-electron chi connectivity index (χ4n) is 2.26. The van der Waals surface area contributed by atoms with E-state index in [1.54, 1.807) is 0 Å². The van der Waals surface area contributed by atoms with E-state index in [-0.39, 0.29) is 5.41 Å². The molecule has 0 aliphatic heterocycles. The largest absolute Gasteiger partial charge is 0.312 e. The molecule has 0 radical (unpaired) electrons. The predicted octanol–water partition coefficient (Wildman–Crippen LogP) is 2.67. The summed E-state index contributed by atoms with van der Waals surface area (Å²) in [4.78, 5) is 0. The number of allylic oxidation sites excluding steroid dienone is 2. The molecule has 1 fully saturated rings. The number of likely N-dealkylation sites (N-methyl/N-ethyl adjacent to an activating group) is 1.